The number of carboxylic acid groups (broad SMARTS) is 1. The summed E-state index contributed by atoms with van der Waals surface area (Å²) in [4.78, 5) is 24.5. The fourth-order valence-electron chi connectivity index (χ4n) is 2.53. The largest absolute Gasteiger partial charge is 0.480 e. The van der Waals surface area contributed by atoms with Crippen LogP contribution in [0, 0.1) is 0 Å². The van der Waals surface area contributed by atoms with Crippen LogP contribution in [-0.2, 0) is 16.1 Å². The number of benzene rings is 1. The molecule has 1 aliphatic rings. The Bertz CT molecular complexity index is 649. The highest BCUT2D eigenvalue weighted by Gasteiger charge is 2.36. The van der Waals surface area contributed by atoms with E-state index in [9.17, 15) is 9.59 Å². The number of nitrogens with zero attached hydrogens (tertiary/aromatic N) is 1. The number of hydrogen-bond acceptors (Lipinski definition) is 3. The van der Waals surface area contributed by atoms with Gasteiger partial charge >= 0.3 is 5.97 Å². The smallest absolute Gasteiger partial charge is 0.326 e. The molecule has 98 valence electrons. The molecule has 1 unspecified atom stereocenters. The van der Waals surface area contributed by atoms with E-state index >= 15 is 0 Å². The van der Waals surface area contributed by atoms with Crippen LogP contribution in [0.5, 0.6) is 0 Å². The van der Waals surface area contributed by atoms with Crippen LogP contribution in [0.2, 0.25) is 0 Å². The number of hydrogen-bond donors (Lipinski definition) is 1. The van der Waals surface area contributed by atoms with Crippen LogP contribution in [-0.4, -0.2) is 27.9 Å². The molecule has 0 saturated carbocycles. The molecular weight excluding hydrogens is 262 g/mol. The van der Waals surface area contributed by atoms with Crippen LogP contribution in [0.4, 0.5) is 0 Å². The lowest BCUT2D eigenvalue weighted by atomic mass is 10.1. The molecule has 2 aromatic rings. The molecule has 0 aliphatic carbocycles. The quantitative estimate of drug-likeness (QED) is 0.936. The van der Waals surface area contributed by atoms with E-state index in [4.69, 9.17) is 5.11 Å². The predicted molar refractivity (Wildman–Crippen MR) is 73.0 cm³/mol. The molecule has 1 atom stereocenters. The summed E-state index contributed by atoms with van der Waals surface area (Å²) in [6.45, 7) is 0.389. The number of fused-ring (bicyclic) bond motifs is 1. The van der Waals surface area contributed by atoms with Crippen LogP contribution in [0.3, 0.4) is 0 Å². The fourth-order valence-corrected chi connectivity index (χ4v) is 3.48. The van der Waals surface area contributed by atoms with E-state index in [1.807, 2.05) is 29.6 Å². The van der Waals surface area contributed by atoms with Crippen LogP contribution in [0.25, 0.3) is 10.1 Å². The van der Waals surface area contributed by atoms with E-state index in [2.05, 4.69) is 0 Å². The van der Waals surface area contributed by atoms with E-state index in [0.29, 0.717) is 19.4 Å². The van der Waals surface area contributed by atoms with Crippen molar-refractivity contribution in [3.63, 3.8) is 0 Å². The Morgan fingerprint density at radius 2 is 2.21 bits per heavy atom. The second-order valence-electron chi connectivity index (χ2n) is 4.67. The molecule has 1 N–H and O–H groups in total. The number of carbonyl (C=O) groups excluding carboxylic acids is 1. The van der Waals surface area contributed by atoms with E-state index < -0.39 is 12.0 Å². The summed E-state index contributed by atoms with van der Waals surface area (Å²) in [6.07, 6.45) is 0.745. The SMILES string of the molecule is O=C(O)C1CCC(=O)N1Cc1csc2ccccc12. The van der Waals surface area contributed by atoms with Crippen molar-refractivity contribution in [1.82, 2.24) is 4.90 Å². The molecule has 19 heavy (non-hydrogen) atoms. The maximum absolute atomic E-state index is 11.8. The Labute approximate surface area is 114 Å². The Balaban J connectivity index is 1.91. The molecule has 0 spiro atoms. The zero-order valence-corrected chi connectivity index (χ0v) is 11.0. The number of amides is 1. The van der Waals surface area contributed by atoms with Crippen LogP contribution in [0.1, 0.15) is 18.4 Å². The minimum absolute atomic E-state index is 0.0670. The monoisotopic (exact) mass is 275 g/mol. The van der Waals surface area contributed by atoms with Gasteiger partial charge in [0.1, 0.15) is 6.04 Å². The van der Waals surface area contributed by atoms with Gasteiger partial charge in [-0.3, -0.25) is 4.79 Å². The number of aliphatic carboxylic acids is 1. The Kier molecular flexibility index (Phi) is 2.98. The summed E-state index contributed by atoms with van der Waals surface area (Å²) >= 11 is 1.62. The first kappa shape index (κ1) is 12.2. The molecule has 5 heteroatoms. The number of carboxylic acids is 1. The minimum Gasteiger partial charge on any atom is -0.480 e. The van der Waals surface area contributed by atoms with Gasteiger partial charge in [-0.05, 0) is 28.8 Å². The van der Waals surface area contributed by atoms with Crippen molar-refractivity contribution in [2.24, 2.45) is 0 Å². The molecule has 1 aromatic heterocycles. The summed E-state index contributed by atoms with van der Waals surface area (Å²) in [5.74, 6) is -0.979. The maximum Gasteiger partial charge on any atom is 0.326 e. The van der Waals surface area contributed by atoms with Gasteiger partial charge in [0.15, 0.2) is 0 Å². The van der Waals surface area contributed by atoms with Crippen molar-refractivity contribution in [3.05, 3.63) is 35.2 Å². The van der Waals surface area contributed by atoms with E-state index in [1.165, 1.54) is 4.90 Å². The molecule has 0 bridgehead atoms. The lowest BCUT2D eigenvalue weighted by molar-refractivity contribution is -0.146. The average molecular weight is 275 g/mol. The molecule has 2 heterocycles. The number of rotatable bonds is 3. The first-order valence-corrected chi connectivity index (χ1v) is 7.02. The highest BCUT2D eigenvalue weighted by molar-refractivity contribution is 7.17. The summed E-state index contributed by atoms with van der Waals surface area (Å²) < 4.78 is 1.16. The normalized spacial score (nSPS) is 19.3. The zero-order valence-electron chi connectivity index (χ0n) is 10.2. The van der Waals surface area contributed by atoms with E-state index in [1.54, 1.807) is 11.3 Å². The highest BCUT2D eigenvalue weighted by Crippen LogP contribution is 2.29. The molecule has 4 nitrogen and oxygen atoms in total. The third-order valence-corrected chi connectivity index (χ3v) is 4.53. The van der Waals surface area contributed by atoms with Gasteiger partial charge in [0.05, 0.1) is 0 Å². The zero-order chi connectivity index (χ0) is 13.4. The Morgan fingerprint density at radius 1 is 1.42 bits per heavy atom. The second kappa shape index (κ2) is 4.66. The summed E-state index contributed by atoms with van der Waals surface area (Å²) in [5.41, 5.74) is 1.03. The van der Waals surface area contributed by atoms with Crippen molar-refractivity contribution in [2.45, 2.75) is 25.4 Å². The molecule has 3 rings (SSSR count). The van der Waals surface area contributed by atoms with Crippen LogP contribution < -0.4 is 0 Å². The average Bonchev–Trinajstić information content (AvgIpc) is 2.96. The molecule has 1 aromatic carbocycles. The molecule has 1 amide bonds. The number of likely N-dealkylation sites (tertiary alicyclic amines) is 1. The highest BCUT2D eigenvalue weighted by atomic mass is 32.1. The van der Waals surface area contributed by atoms with Crippen LogP contribution in [0.15, 0.2) is 29.6 Å². The lowest BCUT2D eigenvalue weighted by Gasteiger charge is -2.21. The summed E-state index contributed by atoms with van der Waals surface area (Å²) in [5, 5.41) is 12.3. The Morgan fingerprint density at radius 3 is 3.00 bits per heavy atom. The van der Waals surface area contributed by atoms with Gasteiger partial charge < -0.3 is 10.0 Å². The van der Waals surface area contributed by atoms with E-state index in [0.717, 1.165) is 15.6 Å². The van der Waals surface area contributed by atoms with Crippen molar-refractivity contribution in [2.75, 3.05) is 0 Å². The molecule has 0 radical (unpaired) electrons. The molecule has 1 fully saturated rings. The van der Waals surface area contributed by atoms with Gasteiger partial charge in [0.25, 0.3) is 0 Å². The van der Waals surface area contributed by atoms with Gasteiger partial charge in [-0.25, -0.2) is 4.79 Å². The van der Waals surface area contributed by atoms with Gasteiger partial charge in [0.2, 0.25) is 5.91 Å². The number of carbonyl (C=O) groups is 2. The standard InChI is InChI=1S/C14H13NO3S/c16-13-6-5-11(14(17)18)15(13)7-9-8-19-12-4-2-1-3-10(9)12/h1-4,8,11H,5-7H2,(H,17,18). The lowest BCUT2D eigenvalue weighted by Crippen LogP contribution is -2.37. The summed E-state index contributed by atoms with van der Waals surface area (Å²) in [6, 6.07) is 7.30. The molecular formula is C14H13NO3S. The van der Waals surface area contributed by atoms with Crippen molar-refractivity contribution >= 4 is 33.3 Å². The van der Waals surface area contributed by atoms with Crippen LogP contribution >= 0.6 is 11.3 Å². The van der Waals surface area contributed by atoms with Crippen molar-refractivity contribution < 1.29 is 14.7 Å². The third kappa shape index (κ3) is 2.10. The van der Waals surface area contributed by atoms with Crippen molar-refractivity contribution in [3.8, 4) is 0 Å². The van der Waals surface area contributed by atoms with E-state index in [-0.39, 0.29) is 5.91 Å². The summed E-state index contributed by atoms with van der Waals surface area (Å²) in [7, 11) is 0. The second-order valence-corrected chi connectivity index (χ2v) is 5.58. The van der Waals surface area contributed by atoms with Gasteiger partial charge in [-0.2, -0.15) is 0 Å². The molecule has 1 aliphatic heterocycles. The first-order valence-electron chi connectivity index (χ1n) is 6.14. The fraction of sp³-hybridized carbons (Fsp3) is 0.286. The van der Waals surface area contributed by atoms with Crippen molar-refractivity contribution in [1.29, 1.82) is 0 Å². The Hall–Kier alpha value is -1.88. The third-order valence-electron chi connectivity index (χ3n) is 3.52. The first-order chi connectivity index (χ1) is 9.16. The maximum atomic E-state index is 11.8. The predicted octanol–water partition coefficient (Wildman–Crippen LogP) is 2.48. The minimum atomic E-state index is -0.912. The van der Waals surface area contributed by atoms with Gasteiger partial charge in [0, 0.05) is 17.7 Å². The number of thiophene rings is 1. The van der Waals surface area contributed by atoms with Gasteiger partial charge in [-0.1, -0.05) is 18.2 Å². The van der Waals surface area contributed by atoms with Gasteiger partial charge in [-0.15, -0.1) is 11.3 Å². The topological polar surface area (TPSA) is 57.6 Å². The molecule has 1 saturated heterocycles.